The van der Waals surface area contributed by atoms with Crippen LogP contribution in [-0.2, 0) is 11.2 Å². The summed E-state index contributed by atoms with van der Waals surface area (Å²) in [7, 11) is 0. The second kappa shape index (κ2) is 6.85. The van der Waals surface area contributed by atoms with Gasteiger partial charge in [-0.1, -0.05) is 44.0 Å². The molecule has 1 saturated heterocycles. The first-order valence-corrected chi connectivity index (χ1v) is 11.6. The monoisotopic (exact) mass is 531 g/mol. The number of H-pyrrole nitrogens is 1. The molecular weight excluding hydrogens is 514 g/mol. The van der Waals surface area contributed by atoms with Gasteiger partial charge in [-0.15, -0.1) is 0 Å². The standard InChI is InChI=1S/C22H19Br2N3O3/c1-22-11-16-15-10-13(24)5-6-17(15)25-18(16)19(12-3-2-4-14(28)9-12)27(22)21(30)26(8-7-23)20(22)29/h2-6,9-10,19,25,28H,7-8,11H2,1H3. The number of hydrogen-bond donors (Lipinski definition) is 2. The van der Waals surface area contributed by atoms with Gasteiger partial charge in [-0.3, -0.25) is 14.6 Å². The number of nitrogens with one attached hydrogen (secondary N) is 1. The van der Waals surface area contributed by atoms with Crippen LogP contribution < -0.4 is 0 Å². The molecule has 154 valence electrons. The normalized spacial score (nSPS) is 23.2. The molecule has 6 nitrogen and oxygen atoms in total. The van der Waals surface area contributed by atoms with Gasteiger partial charge in [0.1, 0.15) is 17.3 Å². The van der Waals surface area contributed by atoms with Crippen LogP contribution in [0, 0.1) is 0 Å². The van der Waals surface area contributed by atoms with Crippen molar-refractivity contribution in [2.45, 2.75) is 24.9 Å². The Labute approximate surface area is 190 Å². The number of aromatic hydroxyl groups is 1. The summed E-state index contributed by atoms with van der Waals surface area (Å²) in [5, 5.41) is 11.7. The minimum absolute atomic E-state index is 0.121. The minimum atomic E-state index is -1.00. The summed E-state index contributed by atoms with van der Waals surface area (Å²) in [6.07, 6.45) is 0.428. The largest absolute Gasteiger partial charge is 0.508 e. The van der Waals surface area contributed by atoms with Gasteiger partial charge in [-0.2, -0.15) is 0 Å². The zero-order chi connectivity index (χ0) is 21.2. The van der Waals surface area contributed by atoms with Crippen molar-refractivity contribution >= 4 is 54.7 Å². The number of hydrogen-bond acceptors (Lipinski definition) is 3. The second-order valence-corrected chi connectivity index (χ2v) is 9.66. The zero-order valence-corrected chi connectivity index (χ0v) is 19.3. The molecule has 1 fully saturated rings. The van der Waals surface area contributed by atoms with Crippen LogP contribution in [0.25, 0.3) is 10.9 Å². The molecule has 2 atom stereocenters. The van der Waals surface area contributed by atoms with Crippen LogP contribution >= 0.6 is 31.9 Å². The number of alkyl halides is 1. The predicted molar refractivity (Wildman–Crippen MR) is 121 cm³/mol. The lowest BCUT2D eigenvalue weighted by Gasteiger charge is -2.42. The Kier molecular flexibility index (Phi) is 4.48. The lowest BCUT2D eigenvalue weighted by atomic mass is 9.81. The van der Waals surface area contributed by atoms with E-state index in [1.165, 1.54) is 4.90 Å². The van der Waals surface area contributed by atoms with Crippen LogP contribution in [0.5, 0.6) is 5.75 Å². The van der Waals surface area contributed by atoms with E-state index in [1.807, 2.05) is 31.2 Å². The summed E-state index contributed by atoms with van der Waals surface area (Å²) in [6, 6.07) is 12.1. The van der Waals surface area contributed by atoms with Gasteiger partial charge in [0, 0.05) is 39.4 Å². The first kappa shape index (κ1) is 19.6. The van der Waals surface area contributed by atoms with E-state index in [2.05, 4.69) is 36.8 Å². The quantitative estimate of drug-likeness (QED) is 0.379. The van der Waals surface area contributed by atoms with Crippen LogP contribution in [0.1, 0.15) is 29.8 Å². The molecule has 0 bridgehead atoms. The Hall–Kier alpha value is -2.32. The van der Waals surface area contributed by atoms with Crippen LogP contribution in [0.2, 0.25) is 0 Å². The molecule has 2 aliphatic heterocycles. The summed E-state index contributed by atoms with van der Waals surface area (Å²) in [4.78, 5) is 33.3. The van der Waals surface area contributed by atoms with Crippen molar-refractivity contribution in [2.24, 2.45) is 0 Å². The number of rotatable bonds is 3. The van der Waals surface area contributed by atoms with E-state index in [1.54, 1.807) is 23.1 Å². The average Bonchev–Trinajstić information content (AvgIpc) is 3.15. The van der Waals surface area contributed by atoms with Crippen molar-refractivity contribution in [3.63, 3.8) is 0 Å². The van der Waals surface area contributed by atoms with Gasteiger partial charge >= 0.3 is 6.03 Å². The molecule has 0 spiro atoms. The van der Waals surface area contributed by atoms with Crippen molar-refractivity contribution in [2.75, 3.05) is 11.9 Å². The maximum Gasteiger partial charge on any atom is 0.328 e. The van der Waals surface area contributed by atoms with E-state index >= 15 is 0 Å². The number of halogens is 2. The molecule has 1 aromatic heterocycles. The van der Waals surface area contributed by atoms with E-state index in [4.69, 9.17) is 0 Å². The number of carbonyl (C=O) groups excluding carboxylic acids is 2. The number of phenols is 1. The highest BCUT2D eigenvalue weighted by atomic mass is 79.9. The Morgan fingerprint density at radius 3 is 2.77 bits per heavy atom. The van der Waals surface area contributed by atoms with Gasteiger partial charge in [0.15, 0.2) is 0 Å². The van der Waals surface area contributed by atoms with Crippen LogP contribution in [0.4, 0.5) is 4.79 Å². The molecule has 8 heteroatoms. The van der Waals surface area contributed by atoms with Crippen molar-refractivity contribution in [3.8, 4) is 5.75 Å². The fraction of sp³-hybridized carbons (Fsp3) is 0.273. The van der Waals surface area contributed by atoms with E-state index in [9.17, 15) is 14.7 Å². The number of imide groups is 1. The fourth-order valence-corrected chi connectivity index (χ4v) is 5.52. The number of phenolic OH excluding ortho intramolecular Hbond substituents is 1. The van der Waals surface area contributed by atoms with E-state index in [0.29, 0.717) is 18.3 Å². The van der Waals surface area contributed by atoms with Gasteiger partial charge in [-0.25, -0.2) is 4.79 Å². The third-order valence-electron chi connectivity index (χ3n) is 6.12. The number of aromatic nitrogens is 1. The number of aromatic amines is 1. The summed E-state index contributed by atoms with van der Waals surface area (Å²) in [5.41, 5.74) is 2.62. The third-order valence-corrected chi connectivity index (χ3v) is 6.97. The lowest BCUT2D eigenvalue weighted by Crippen LogP contribution is -2.53. The average molecular weight is 533 g/mol. The topological polar surface area (TPSA) is 76.6 Å². The molecule has 2 N–H and O–H groups in total. The lowest BCUT2D eigenvalue weighted by molar-refractivity contribution is -0.133. The van der Waals surface area contributed by atoms with Crippen molar-refractivity contribution in [3.05, 3.63) is 63.8 Å². The number of amides is 3. The summed E-state index contributed by atoms with van der Waals surface area (Å²) in [5.74, 6) is -0.0671. The molecule has 3 heterocycles. The summed E-state index contributed by atoms with van der Waals surface area (Å²) < 4.78 is 0.952. The van der Waals surface area contributed by atoms with Gasteiger partial charge in [-0.05, 0) is 48.4 Å². The highest BCUT2D eigenvalue weighted by Crippen LogP contribution is 2.49. The molecule has 0 radical (unpaired) electrons. The van der Waals surface area contributed by atoms with Gasteiger partial charge in [0.05, 0.1) is 0 Å². The number of nitrogens with zero attached hydrogens (tertiary/aromatic N) is 2. The Bertz CT molecular complexity index is 1210. The highest BCUT2D eigenvalue weighted by molar-refractivity contribution is 9.10. The smallest absolute Gasteiger partial charge is 0.328 e. The molecule has 5 rings (SSSR count). The Balaban J connectivity index is 1.79. The molecular formula is C22H19Br2N3O3. The summed E-state index contributed by atoms with van der Waals surface area (Å²) >= 11 is 6.90. The Morgan fingerprint density at radius 2 is 2.03 bits per heavy atom. The molecule has 2 aliphatic rings. The van der Waals surface area contributed by atoms with Crippen molar-refractivity contribution in [1.82, 2.24) is 14.8 Å². The molecule has 2 aromatic carbocycles. The van der Waals surface area contributed by atoms with Crippen LogP contribution in [0.15, 0.2) is 46.9 Å². The molecule has 0 aliphatic carbocycles. The van der Waals surface area contributed by atoms with E-state index in [-0.39, 0.29) is 17.7 Å². The Morgan fingerprint density at radius 1 is 1.23 bits per heavy atom. The molecule has 2 unspecified atom stereocenters. The molecule has 3 amide bonds. The SMILES string of the molecule is CC12Cc3c([nH]c4ccc(Br)cc34)C(c3cccc(O)c3)N1C(=O)N(CCBr)C2=O. The first-order valence-electron chi connectivity index (χ1n) is 9.65. The van der Waals surface area contributed by atoms with Crippen molar-refractivity contribution < 1.29 is 14.7 Å². The van der Waals surface area contributed by atoms with Gasteiger partial charge in [0.2, 0.25) is 0 Å². The van der Waals surface area contributed by atoms with Crippen molar-refractivity contribution in [1.29, 1.82) is 0 Å². The number of urea groups is 1. The molecule has 3 aromatic rings. The van der Waals surface area contributed by atoms with E-state index < -0.39 is 11.6 Å². The van der Waals surface area contributed by atoms with Crippen LogP contribution in [-0.4, -0.2) is 49.2 Å². The van der Waals surface area contributed by atoms with Gasteiger partial charge in [0.25, 0.3) is 5.91 Å². The zero-order valence-electron chi connectivity index (χ0n) is 16.2. The van der Waals surface area contributed by atoms with Crippen LogP contribution in [0.3, 0.4) is 0 Å². The molecule has 30 heavy (non-hydrogen) atoms. The number of benzene rings is 2. The second-order valence-electron chi connectivity index (χ2n) is 7.95. The number of fused-ring (bicyclic) bond motifs is 4. The van der Waals surface area contributed by atoms with E-state index in [0.717, 1.165) is 32.2 Å². The molecule has 0 saturated carbocycles. The summed E-state index contributed by atoms with van der Waals surface area (Å²) in [6.45, 7) is 2.16. The van der Waals surface area contributed by atoms with Gasteiger partial charge < -0.3 is 10.1 Å². The highest BCUT2D eigenvalue weighted by Gasteiger charge is 2.59. The first-order chi connectivity index (χ1) is 14.3. The maximum atomic E-state index is 13.4. The fourth-order valence-electron chi connectivity index (χ4n) is 4.81. The number of carbonyl (C=O) groups is 2. The third kappa shape index (κ3) is 2.66. The predicted octanol–water partition coefficient (Wildman–Crippen LogP) is 4.70. The maximum absolute atomic E-state index is 13.4. The minimum Gasteiger partial charge on any atom is -0.508 e.